The number of fused-ring (bicyclic) bond motifs is 1. The first-order valence-corrected chi connectivity index (χ1v) is 5.13. The lowest BCUT2D eigenvalue weighted by atomic mass is 9.83. The van der Waals surface area contributed by atoms with Crippen LogP contribution in [0.4, 0.5) is 0 Å². The van der Waals surface area contributed by atoms with E-state index in [0.29, 0.717) is 11.7 Å². The Labute approximate surface area is 55.2 Å². The fourth-order valence-electron chi connectivity index (χ4n) is 1.81. The van der Waals surface area contributed by atoms with Crippen LogP contribution in [0, 0.1) is 5.92 Å². The topological polar surface area (TPSA) is 34.1 Å². The Kier molecular flexibility index (Phi) is 0.958. The van der Waals surface area contributed by atoms with Gasteiger partial charge in [-0.2, -0.15) is 0 Å². The first-order chi connectivity index (χ1) is 4.20. The van der Waals surface area contributed by atoms with Gasteiger partial charge in [0.2, 0.25) is 0 Å². The Balaban J connectivity index is 2.33. The molecule has 2 fully saturated rings. The molecule has 2 nitrogen and oxygen atoms in total. The average molecular weight is 146 g/mol. The highest BCUT2D eigenvalue weighted by molar-refractivity contribution is 7.92. The number of hydrogen-bond donors (Lipinski definition) is 0. The van der Waals surface area contributed by atoms with Crippen LogP contribution in [0.1, 0.15) is 19.3 Å². The second-order valence-electron chi connectivity index (χ2n) is 3.03. The fourth-order valence-corrected chi connectivity index (χ4v) is 4.10. The van der Waals surface area contributed by atoms with Crippen LogP contribution in [-0.2, 0) is 9.84 Å². The first-order valence-electron chi connectivity index (χ1n) is 3.42. The highest BCUT2D eigenvalue weighted by atomic mass is 32.2. The molecule has 0 spiro atoms. The molecule has 2 rings (SSSR count). The van der Waals surface area contributed by atoms with E-state index in [1.165, 1.54) is 0 Å². The smallest absolute Gasteiger partial charge is 0.153 e. The van der Waals surface area contributed by atoms with E-state index in [1.807, 2.05) is 0 Å². The van der Waals surface area contributed by atoms with Gasteiger partial charge < -0.3 is 0 Å². The van der Waals surface area contributed by atoms with E-state index < -0.39 is 9.84 Å². The highest BCUT2D eigenvalue weighted by Crippen LogP contribution is 2.41. The van der Waals surface area contributed by atoms with Crippen LogP contribution < -0.4 is 0 Å². The molecule has 0 aromatic rings. The zero-order valence-electron chi connectivity index (χ0n) is 5.21. The Bertz CT molecular complexity index is 217. The third kappa shape index (κ3) is 0.641. The average Bonchev–Trinajstić information content (AvgIpc) is 1.74. The van der Waals surface area contributed by atoms with Crippen molar-refractivity contribution in [2.24, 2.45) is 5.92 Å². The minimum atomic E-state index is -2.59. The van der Waals surface area contributed by atoms with Crippen molar-refractivity contribution in [3.05, 3.63) is 0 Å². The Morgan fingerprint density at radius 3 is 2.11 bits per heavy atom. The van der Waals surface area contributed by atoms with Gasteiger partial charge in [0.25, 0.3) is 0 Å². The number of hydrogen-bond acceptors (Lipinski definition) is 2. The SMILES string of the molecule is O=S1(=O)CC[C@H]2CC[C@H]21. The summed E-state index contributed by atoms with van der Waals surface area (Å²) < 4.78 is 22.0. The van der Waals surface area contributed by atoms with Gasteiger partial charge in [-0.1, -0.05) is 0 Å². The van der Waals surface area contributed by atoms with Crippen molar-refractivity contribution < 1.29 is 8.42 Å². The summed E-state index contributed by atoms with van der Waals surface area (Å²) in [6.45, 7) is 0. The van der Waals surface area contributed by atoms with Gasteiger partial charge in [0.1, 0.15) is 0 Å². The van der Waals surface area contributed by atoms with Gasteiger partial charge >= 0.3 is 0 Å². The summed E-state index contributed by atoms with van der Waals surface area (Å²) in [6, 6.07) is 0. The minimum absolute atomic E-state index is 0.0810. The van der Waals surface area contributed by atoms with E-state index in [-0.39, 0.29) is 5.25 Å². The third-order valence-corrected chi connectivity index (χ3v) is 4.93. The maximum Gasteiger partial charge on any atom is 0.153 e. The standard InChI is InChI=1S/C6H10O2S/c7-9(8)4-3-5-1-2-6(5)9/h5-6H,1-4H2/t5-,6-/m1/s1. The van der Waals surface area contributed by atoms with Crippen LogP contribution in [0.3, 0.4) is 0 Å². The van der Waals surface area contributed by atoms with E-state index in [9.17, 15) is 8.42 Å². The van der Waals surface area contributed by atoms with Gasteiger partial charge in [0.15, 0.2) is 9.84 Å². The molecule has 9 heavy (non-hydrogen) atoms. The van der Waals surface area contributed by atoms with Crippen LogP contribution in [0.25, 0.3) is 0 Å². The second-order valence-corrected chi connectivity index (χ2v) is 5.37. The molecular weight excluding hydrogens is 136 g/mol. The predicted molar refractivity (Wildman–Crippen MR) is 34.9 cm³/mol. The molecule has 1 saturated heterocycles. The summed E-state index contributed by atoms with van der Waals surface area (Å²) in [4.78, 5) is 0. The van der Waals surface area contributed by atoms with Crippen LogP contribution in [0.15, 0.2) is 0 Å². The normalized spacial score (nSPS) is 45.8. The molecule has 1 heterocycles. The van der Waals surface area contributed by atoms with E-state index in [0.717, 1.165) is 19.3 Å². The quantitative estimate of drug-likeness (QED) is 0.501. The molecule has 0 aromatic carbocycles. The van der Waals surface area contributed by atoms with Crippen molar-refractivity contribution in [1.82, 2.24) is 0 Å². The van der Waals surface area contributed by atoms with E-state index in [1.54, 1.807) is 0 Å². The third-order valence-electron chi connectivity index (χ3n) is 2.58. The molecule has 0 N–H and O–H groups in total. The van der Waals surface area contributed by atoms with Crippen LogP contribution in [-0.4, -0.2) is 19.4 Å². The molecule has 52 valence electrons. The molecule has 3 heteroatoms. The fraction of sp³-hybridized carbons (Fsp3) is 1.00. The number of rotatable bonds is 0. The molecule has 0 aromatic heterocycles. The van der Waals surface area contributed by atoms with Gasteiger partial charge in [-0.3, -0.25) is 0 Å². The maximum absolute atomic E-state index is 11.0. The van der Waals surface area contributed by atoms with Crippen molar-refractivity contribution in [1.29, 1.82) is 0 Å². The summed E-state index contributed by atoms with van der Waals surface area (Å²) in [5.74, 6) is 1.01. The van der Waals surface area contributed by atoms with Crippen molar-refractivity contribution in [2.45, 2.75) is 24.5 Å². The Hall–Kier alpha value is -0.0500. The summed E-state index contributed by atoms with van der Waals surface area (Å²) in [7, 11) is -2.59. The summed E-state index contributed by atoms with van der Waals surface area (Å²) in [5, 5.41) is 0.0810. The van der Waals surface area contributed by atoms with Gasteiger partial charge in [0, 0.05) is 0 Å². The Morgan fingerprint density at radius 1 is 1.11 bits per heavy atom. The summed E-state index contributed by atoms with van der Waals surface area (Å²) in [5.41, 5.74) is 0. The minimum Gasteiger partial charge on any atom is -0.229 e. The molecule has 2 atom stereocenters. The Morgan fingerprint density at radius 2 is 1.89 bits per heavy atom. The largest absolute Gasteiger partial charge is 0.229 e. The molecule has 0 amide bonds. The highest BCUT2D eigenvalue weighted by Gasteiger charge is 2.45. The van der Waals surface area contributed by atoms with Crippen molar-refractivity contribution in [2.75, 3.05) is 5.75 Å². The van der Waals surface area contributed by atoms with Gasteiger partial charge in [0.05, 0.1) is 11.0 Å². The summed E-state index contributed by atoms with van der Waals surface area (Å²) >= 11 is 0. The maximum atomic E-state index is 11.0. The molecule has 0 unspecified atom stereocenters. The molecule has 2 aliphatic rings. The van der Waals surface area contributed by atoms with Crippen LogP contribution >= 0.6 is 0 Å². The lowest BCUT2D eigenvalue weighted by molar-refractivity contribution is 0.334. The van der Waals surface area contributed by atoms with E-state index in [2.05, 4.69) is 0 Å². The lowest BCUT2D eigenvalue weighted by Gasteiger charge is -2.27. The van der Waals surface area contributed by atoms with Crippen molar-refractivity contribution in [3.63, 3.8) is 0 Å². The van der Waals surface area contributed by atoms with Crippen molar-refractivity contribution in [3.8, 4) is 0 Å². The van der Waals surface area contributed by atoms with Gasteiger partial charge in [-0.05, 0) is 25.2 Å². The predicted octanol–water partition coefficient (Wildman–Crippen LogP) is 0.584. The molecular formula is C6H10O2S. The van der Waals surface area contributed by atoms with E-state index in [4.69, 9.17) is 0 Å². The van der Waals surface area contributed by atoms with Gasteiger partial charge in [-0.25, -0.2) is 8.42 Å². The lowest BCUT2D eigenvalue weighted by Crippen LogP contribution is -2.31. The number of sulfone groups is 1. The van der Waals surface area contributed by atoms with Crippen LogP contribution in [0.2, 0.25) is 0 Å². The van der Waals surface area contributed by atoms with E-state index >= 15 is 0 Å². The van der Waals surface area contributed by atoms with Crippen molar-refractivity contribution >= 4 is 9.84 Å². The molecule has 1 aliphatic carbocycles. The molecule has 1 saturated carbocycles. The first kappa shape index (κ1) is 5.71. The van der Waals surface area contributed by atoms with Gasteiger partial charge in [-0.15, -0.1) is 0 Å². The molecule has 1 aliphatic heterocycles. The monoisotopic (exact) mass is 146 g/mol. The zero-order valence-corrected chi connectivity index (χ0v) is 6.02. The molecule has 0 radical (unpaired) electrons. The summed E-state index contributed by atoms with van der Waals surface area (Å²) in [6.07, 6.45) is 3.03. The molecule has 0 bridgehead atoms. The van der Waals surface area contributed by atoms with Crippen LogP contribution in [0.5, 0.6) is 0 Å². The second kappa shape index (κ2) is 1.51. The zero-order chi connectivity index (χ0) is 6.48.